The summed E-state index contributed by atoms with van der Waals surface area (Å²) in [6.07, 6.45) is -21.5. The predicted molar refractivity (Wildman–Crippen MR) is 335 cm³/mol. The third kappa shape index (κ3) is 14.3. The Hall–Kier alpha value is -5.08. The van der Waals surface area contributed by atoms with E-state index in [1.54, 1.807) is 55.5 Å². The van der Waals surface area contributed by atoms with Crippen molar-refractivity contribution in [1.82, 2.24) is 10.6 Å². The Morgan fingerprint density at radius 1 is 0.604 bits per heavy atom. The number of benzene rings is 3. The van der Waals surface area contributed by atoms with Gasteiger partial charge in [0.25, 0.3) is 9.70 Å². The number of methoxy groups -OCH3 is 1. The van der Waals surface area contributed by atoms with Crippen molar-refractivity contribution in [3.05, 3.63) is 112 Å². The number of nitrogens with one attached hydrogen (secondary N) is 2. The highest BCUT2D eigenvalue weighted by Crippen LogP contribution is 2.57. The largest absolute Gasteiger partial charge is 0.467 e. The lowest BCUT2D eigenvalue weighted by Crippen LogP contribution is -2.75. The minimum Gasteiger partial charge on any atom is -0.467 e. The number of alkyl halides is 3. The number of carbonyl (C=O) groups excluding carboxylic acids is 5. The Labute approximate surface area is 545 Å². The smallest absolute Gasteiger partial charge is 0.349 e. The van der Waals surface area contributed by atoms with Crippen LogP contribution in [0.25, 0.3) is 11.0 Å². The number of carbonyl (C=O) groups is 5. The maximum absolute atomic E-state index is 14.9. The van der Waals surface area contributed by atoms with Crippen LogP contribution >= 0.6 is 34.8 Å². The van der Waals surface area contributed by atoms with Crippen LogP contribution in [0.4, 0.5) is 0 Å². The van der Waals surface area contributed by atoms with Crippen LogP contribution in [0.5, 0.6) is 5.75 Å². The van der Waals surface area contributed by atoms with Gasteiger partial charge in [0.05, 0.1) is 31.5 Å². The summed E-state index contributed by atoms with van der Waals surface area (Å²) in [6.45, 7) is 26.4. The molecule has 0 saturated carbocycles. The van der Waals surface area contributed by atoms with E-state index in [4.69, 9.17) is 99.6 Å². The second-order valence-corrected chi connectivity index (χ2v) is 39.3. The molecule has 3 N–H and O–H groups in total. The Bertz CT molecular complexity index is 3340. The highest BCUT2D eigenvalue weighted by molar-refractivity contribution is 6.76. The number of ether oxygens (including phenoxy) is 9. The topological polar surface area (TPSA) is 280 Å². The molecule has 23 nitrogen and oxygen atoms in total. The molecule has 0 aliphatic carbocycles. The fourth-order valence-electron chi connectivity index (χ4n) is 13.2. The molecule has 6 heterocycles. The maximum atomic E-state index is 14.9. The molecule has 4 aromatic rings. The molecule has 0 bridgehead atoms. The first-order valence-corrected chi connectivity index (χ1v) is 34.7. The van der Waals surface area contributed by atoms with Crippen molar-refractivity contribution in [1.29, 1.82) is 0 Å². The second-order valence-electron chi connectivity index (χ2n) is 27.5. The van der Waals surface area contributed by atoms with E-state index < -0.39 is 168 Å². The summed E-state index contributed by atoms with van der Waals surface area (Å²) in [5.74, 6) is -4.92. The van der Waals surface area contributed by atoms with Crippen LogP contribution in [0.3, 0.4) is 0 Å². The van der Waals surface area contributed by atoms with Gasteiger partial charge < -0.3 is 80.5 Å². The lowest BCUT2D eigenvalue weighted by molar-refractivity contribution is -0.359. The van der Waals surface area contributed by atoms with Gasteiger partial charge in [0, 0.05) is 44.6 Å². The van der Waals surface area contributed by atoms with Crippen LogP contribution in [-0.4, -0.2) is 168 Å². The molecule has 5 saturated heterocycles. The first-order chi connectivity index (χ1) is 42.4. The first-order valence-electron chi connectivity index (χ1n) is 29.9. The Balaban J connectivity index is 1.21. The first kappa shape index (κ1) is 70.2. The van der Waals surface area contributed by atoms with Crippen molar-refractivity contribution in [3.8, 4) is 5.75 Å². The number of aliphatic hydroxyl groups is 1. The minimum absolute atomic E-state index is 0.000299. The molecule has 15 atom stereocenters. The summed E-state index contributed by atoms with van der Waals surface area (Å²) in [5, 5.41) is 16.3. The summed E-state index contributed by atoms with van der Waals surface area (Å²) in [4.78, 5) is 84.9. The van der Waals surface area contributed by atoms with Gasteiger partial charge in [-0.3, -0.25) is 9.59 Å². The molecule has 91 heavy (non-hydrogen) atoms. The van der Waals surface area contributed by atoms with Crippen LogP contribution in [0.2, 0.25) is 20.2 Å². The van der Waals surface area contributed by atoms with Crippen LogP contribution in [0.15, 0.2) is 94.1 Å². The van der Waals surface area contributed by atoms with Gasteiger partial charge in [-0.1, -0.05) is 154 Å². The molecule has 5 aliphatic rings. The van der Waals surface area contributed by atoms with E-state index in [0.717, 1.165) is 7.11 Å². The van der Waals surface area contributed by atoms with E-state index >= 15 is 0 Å². The number of esters is 3. The Kier molecular flexibility index (Phi) is 20.5. The number of hydrogen-bond acceptors (Lipinski definition) is 21. The number of hydrogen-bond donors (Lipinski definition) is 3. The summed E-state index contributed by atoms with van der Waals surface area (Å²) >= 11 is 18.6. The van der Waals surface area contributed by atoms with Crippen molar-refractivity contribution in [2.24, 2.45) is 0 Å². The number of fused-ring (bicyclic) bond motifs is 3. The Morgan fingerprint density at radius 3 is 1.63 bits per heavy atom. The third-order valence-electron chi connectivity index (χ3n) is 16.9. The lowest BCUT2D eigenvalue weighted by atomic mass is 9.94. The molecular formula is C63H81Cl3N2O21Si2. The van der Waals surface area contributed by atoms with E-state index in [1.807, 2.05) is 83.1 Å². The predicted octanol–water partition coefficient (Wildman–Crippen LogP) is 8.69. The van der Waals surface area contributed by atoms with E-state index in [9.17, 15) is 33.9 Å². The van der Waals surface area contributed by atoms with Gasteiger partial charge in [-0.2, -0.15) is 0 Å². The molecule has 3 aromatic carbocycles. The fourth-order valence-corrected chi connectivity index (χ4v) is 23.3. The van der Waals surface area contributed by atoms with Gasteiger partial charge in [-0.25, -0.2) is 19.2 Å². The number of rotatable bonds is 13. The molecule has 0 unspecified atom stereocenters. The molecule has 5 aliphatic heterocycles. The normalized spacial score (nSPS) is 30.2. The van der Waals surface area contributed by atoms with E-state index in [-0.39, 0.29) is 35.7 Å². The molecule has 0 radical (unpaired) electrons. The van der Waals surface area contributed by atoms with Gasteiger partial charge in [-0.05, 0) is 48.9 Å². The lowest BCUT2D eigenvalue weighted by Gasteiger charge is -2.58. The molecule has 5 fully saturated rings. The van der Waals surface area contributed by atoms with Gasteiger partial charge in [-0.15, -0.1) is 0 Å². The second kappa shape index (κ2) is 26.6. The zero-order chi connectivity index (χ0) is 66.7. The molecular weight excluding hydrogens is 1280 g/mol. The number of amides is 2. The molecule has 28 heteroatoms. The molecule has 9 rings (SSSR count). The number of aliphatic hydroxyl groups excluding tert-OH is 1. The SMILES string of the molecule is COC(=O)[C@H]1O[C@@H](O[C@@H]2[C@@H](NC(C)=O)[C@H](Oc3ccc4c(C)cc(=O)oc4c3)O[C@@H]3CO[Si](C(C)(C)C)(C(C)(C)C)O[C@@H]23)[C@H](OC(=O)c2ccccc2)[C@@H](OC(=O)c2ccccc2)[C@@H]1O[C@@H]1O[C@@H]2CO[Si](C(C)(C)C)(C(C)(C)C)O[C@H]2[C@H](O)[C@H]1NC(=O)C(Cl)(Cl)Cl. The van der Waals surface area contributed by atoms with Crippen molar-refractivity contribution in [3.63, 3.8) is 0 Å². The standard InChI is InChI=1S/C63H81Cl3N2O21Si2/c1-32-28-41(70)80-38-29-36(26-27-37(32)38)79-56-43(67-33(2)69)47(46-40(82-56)31-78-91(89-46,61(9,10)11)62(12,13)14)85-57-51(84-53(73)35-24-20-17-21-25-35)49(83-52(72)34-22-18-16-19-23-34)48(50(87-57)54(74)76-15)86-55-42(68-58(75)63(64,65)66)44(71)45-39(81-55)30-77-90(88-45,59(3,4)5)60(6,7)8/h16-29,39-40,42-51,55-57,71H,30-31H2,1-15H3,(H,67,69)(H,68,75)/t39-,40-,42-,43-,44-,45-,46-,47-,48+,49+,50+,51-,55+,56-,57-/m1/s1. The van der Waals surface area contributed by atoms with Gasteiger partial charge >= 0.3 is 40.7 Å². The van der Waals surface area contributed by atoms with Crippen LogP contribution in [-0.2, 0) is 70.0 Å². The van der Waals surface area contributed by atoms with Crippen molar-refractivity contribution < 1.29 is 93.8 Å². The van der Waals surface area contributed by atoms with Crippen LogP contribution < -0.4 is 21.0 Å². The van der Waals surface area contributed by atoms with Crippen LogP contribution in [0, 0.1) is 6.92 Å². The molecule has 498 valence electrons. The Morgan fingerprint density at radius 2 is 1.11 bits per heavy atom. The highest BCUT2D eigenvalue weighted by atomic mass is 35.6. The average molecular weight is 1360 g/mol. The van der Waals surface area contributed by atoms with Gasteiger partial charge in [0.1, 0.15) is 66.1 Å². The quantitative estimate of drug-likeness (QED) is 0.0371. The van der Waals surface area contributed by atoms with E-state index in [0.29, 0.717) is 10.9 Å². The van der Waals surface area contributed by atoms with Crippen LogP contribution in [0.1, 0.15) is 116 Å². The van der Waals surface area contributed by atoms with Crippen molar-refractivity contribution >= 4 is 92.6 Å². The summed E-state index contributed by atoms with van der Waals surface area (Å²) in [7, 11) is -5.93. The third-order valence-corrected chi connectivity index (χ3v) is 27.7. The number of halogens is 3. The molecule has 0 spiro atoms. The zero-order valence-electron chi connectivity index (χ0n) is 53.4. The maximum Gasteiger partial charge on any atom is 0.349 e. The van der Waals surface area contributed by atoms with E-state index in [1.165, 1.54) is 43.3 Å². The minimum atomic E-state index is -3.57. The monoisotopic (exact) mass is 1360 g/mol. The van der Waals surface area contributed by atoms with E-state index in [2.05, 4.69) is 10.6 Å². The summed E-state index contributed by atoms with van der Waals surface area (Å²) in [6, 6.07) is 18.5. The van der Waals surface area contributed by atoms with Gasteiger partial charge in [0.15, 0.2) is 30.9 Å². The average Bonchev–Trinajstić information content (AvgIpc) is 0.735. The summed E-state index contributed by atoms with van der Waals surface area (Å²) in [5.41, 5.74) is 0.210. The highest BCUT2D eigenvalue weighted by Gasteiger charge is 2.68. The summed E-state index contributed by atoms with van der Waals surface area (Å²) < 4.78 is 90.4. The molecule has 2 amide bonds. The molecule has 1 aromatic heterocycles. The zero-order valence-corrected chi connectivity index (χ0v) is 57.7. The van der Waals surface area contributed by atoms with Crippen molar-refractivity contribution in [2.75, 3.05) is 20.3 Å². The fraction of sp³-hybridized carbons (Fsp3) is 0.587. The van der Waals surface area contributed by atoms with Crippen molar-refractivity contribution in [2.45, 2.75) is 213 Å². The van der Waals surface area contributed by atoms with Gasteiger partial charge in [0.2, 0.25) is 12.2 Å². The number of aryl methyl sites for hydroxylation is 1.